The molecule has 1 saturated heterocycles. The smallest absolute Gasteiger partial charge is 0.219 e. The maximum Gasteiger partial charge on any atom is 0.219 e. The van der Waals surface area contributed by atoms with Crippen molar-refractivity contribution in [1.82, 2.24) is 4.90 Å². The van der Waals surface area contributed by atoms with Crippen molar-refractivity contribution in [2.75, 3.05) is 26.8 Å². The zero-order valence-electron chi connectivity index (χ0n) is 10.7. The van der Waals surface area contributed by atoms with E-state index in [-0.39, 0.29) is 5.91 Å². The van der Waals surface area contributed by atoms with Crippen LogP contribution in [0.25, 0.3) is 0 Å². The molecule has 0 aromatic heterocycles. The normalized spacial score (nSPS) is 25.1. The van der Waals surface area contributed by atoms with Gasteiger partial charge in [-0.2, -0.15) is 0 Å². The predicted octanol–water partition coefficient (Wildman–Crippen LogP) is 1.65. The molecule has 1 aromatic carbocycles. The van der Waals surface area contributed by atoms with Crippen LogP contribution < -0.4 is 9.47 Å². The summed E-state index contributed by atoms with van der Waals surface area (Å²) in [5.41, 5.74) is 1.13. The van der Waals surface area contributed by atoms with E-state index in [2.05, 4.69) is 0 Å². The second-order valence-corrected chi connectivity index (χ2v) is 4.97. The van der Waals surface area contributed by atoms with Gasteiger partial charge < -0.3 is 14.4 Å². The molecule has 1 fully saturated rings. The summed E-state index contributed by atoms with van der Waals surface area (Å²) in [4.78, 5) is 13.4. The quantitative estimate of drug-likeness (QED) is 0.757. The molecule has 2 atom stereocenters. The number of methoxy groups -OCH3 is 1. The van der Waals surface area contributed by atoms with Crippen LogP contribution in [0.3, 0.4) is 0 Å². The summed E-state index contributed by atoms with van der Waals surface area (Å²) < 4.78 is 11.2. The van der Waals surface area contributed by atoms with E-state index < -0.39 is 0 Å². The third-order valence-corrected chi connectivity index (χ3v) is 3.96. The zero-order chi connectivity index (χ0) is 12.7. The average molecular weight is 247 g/mol. The molecule has 96 valence electrons. The molecule has 2 aliphatic rings. The molecule has 0 saturated carbocycles. The van der Waals surface area contributed by atoms with Crippen LogP contribution in [0, 0.1) is 5.92 Å². The summed E-state index contributed by atoms with van der Waals surface area (Å²) in [6.07, 6.45) is 0. The summed E-state index contributed by atoms with van der Waals surface area (Å²) in [5, 5.41) is 0. The molecule has 18 heavy (non-hydrogen) atoms. The van der Waals surface area contributed by atoms with Crippen LogP contribution >= 0.6 is 0 Å². The van der Waals surface area contributed by atoms with Crippen molar-refractivity contribution in [2.45, 2.75) is 12.8 Å². The van der Waals surface area contributed by atoms with Gasteiger partial charge in [-0.05, 0) is 12.1 Å². The largest absolute Gasteiger partial charge is 0.496 e. The number of carbonyl (C=O) groups excluding carboxylic acids is 1. The van der Waals surface area contributed by atoms with Crippen molar-refractivity contribution in [1.29, 1.82) is 0 Å². The summed E-state index contributed by atoms with van der Waals surface area (Å²) in [6.45, 7) is 3.88. The fraction of sp³-hybridized carbons (Fsp3) is 0.500. The first-order valence-corrected chi connectivity index (χ1v) is 6.26. The van der Waals surface area contributed by atoms with E-state index in [4.69, 9.17) is 9.47 Å². The monoisotopic (exact) mass is 247 g/mol. The van der Waals surface area contributed by atoms with Gasteiger partial charge in [0.15, 0.2) is 0 Å². The molecule has 4 heteroatoms. The summed E-state index contributed by atoms with van der Waals surface area (Å²) in [5.74, 6) is 2.64. The maximum atomic E-state index is 11.5. The van der Waals surface area contributed by atoms with Gasteiger partial charge in [0, 0.05) is 37.4 Å². The number of carbonyl (C=O) groups is 1. The molecular weight excluding hydrogens is 230 g/mol. The molecule has 2 aliphatic heterocycles. The topological polar surface area (TPSA) is 38.8 Å². The minimum absolute atomic E-state index is 0.140. The molecule has 3 rings (SSSR count). The van der Waals surface area contributed by atoms with E-state index in [0.717, 1.165) is 30.2 Å². The standard InChI is InChI=1S/C14H17NO3/c1-9(16)15-6-10-8-18-13-5-3-4-12(17-2)14(13)11(10)7-15/h3-5,10-11H,6-8H2,1-2H3/t10-,11+/m1/s1. The number of benzene rings is 1. The van der Waals surface area contributed by atoms with Crippen LogP contribution in [-0.4, -0.2) is 37.6 Å². The van der Waals surface area contributed by atoms with Crippen molar-refractivity contribution in [2.24, 2.45) is 5.92 Å². The van der Waals surface area contributed by atoms with E-state index in [1.807, 2.05) is 23.1 Å². The van der Waals surface area contributed by atoms with Gasteiger partial charge in [-0.15, -0.1) is 0 Å². The maximum absolute atomic E-state index is 11.5. The highest BCUT2D eigenvalue weighted by molar-refractivity contribution is 5.74. The second kappa shape index (κ2) is 4.19. The predicted molar refractivity (Wildman–Crippen MR) is 67.0 cm³/mol. The van der Waals surface area contributed by atoms with Gasteiger partial charge in [-0.1, -0.05) is 6.07 Å². The van der Waals surface area contributed by atoms with Crippen molar-refractivity contribution in [3.63, 3.8) is 0 Å². The van der Waals surface area contributed by atoms with Crippen LogP contribution in [0.1, 0.15) is 18.4 Å². The Balaban J connectivity index is 1.99. The van der Waals surface area contributed by atoms with Crippen molar-refractivity contribution in [3.05, 3.63) is 23.8 Å². The number of likely N-dealkylation sites (tertiary alicyclic amines) is 1. The van der Waals surface area contributed by atoms with Gasteiger partial charge >= 0.3 is 0 Å². The van der Waals surface area contributed by atoms with E-state index in [1.54, 1.807) is 14.0 Å². The number of hydrogen-bond donors (Lipinski definition) is 0. The first-order chi connectivity index (χ1) is 8.70. The molecule has 0 N–H and O–H groups in total. The van der Waals surface area contributed by atoms with Crippen LogP contribution in [-0.2, 0) is 4.79 Å². The highest BCUT2D eigenvalue weighted by atomic mass is 16.5. The Kier molecular flexibility index (Phi) is 2.65. The van der Waals surface area contributed by atoms with Crippen molar-refractivity contribution >= 4 is 5.91 Å². The van der Waals surface area contributed by atoms with Gasteiger partial charge in [-0.3, -0.25) is 4.79 Å². The Morgan fingerprint density at radius 2 is 2.28 bits per heavy atom. The second-order valence-electron chi connectivity index (χ2n) is 4.97. The molecule has 0 radical (unpaired) electrons. The molecule has 1 aromatic rings. The Bertz CT molecular complexity index is 472. The fourth-order valence-corrected chi connectivity index (χ4v) is 3.01. The third-order valence-electron chi connectivity index (χ3n) is 3.96. The summed E-state index contributed by atoms with van der Waals surface area (Å²) in [6, 6.07) is 5.88. The number of fused-ring (bicyclic) bond motifs is 3. The Hall–Kier alpha value is -1.71. The van der Waals surface area contributed by atoms with Gasteiger partial charge in [0.25, 0.3) is 0 Å². The molecule has 4 nitrogen and oxygen atoms in total. The highest BCUT2D eigenvalue weighted by Gasteiger charge is 2.41. The third kappa shape index (κ3) is 1.64. The van der Waals surface area contributed by atoms with Crippen LogP contribution in [0.5, 0.6) is 11.5 Å². The van der Waals surface area contributed by atoms with Crippen LogP contribution in [0.15, 0.2) is 18.2 Å². The van der Waals surface area contributed by atoms with Gasteiger partial charge in [-0.25, -0.2) is 0 Å². The Labute approximate surface area is 106 Å². The van der Waals surface area contributed by atoms with E-state index in [9.17, 15) is 4.79 Å². The lowest BCUT2D eigenvalue weighted by Gasteiger charge is -2.28. The number of nitrogens with zero attached hydrogens (tertiary/aromatic N) is 1. The molecule has 0 aliphatic carbocycles. The van der Waals surface area contributed by atoms with E-state index in [0.29, 0.717) is 18.4 Å². The fourth-order valence-electron chi connectivity index (χ4n) is 3.01. The molecular formula is C14H17NO3. The van der Waals surface area contributed by atoms with E-state index in [1.165, 1.54) is 0 Å². The number of amides is 1. The van der Waals surface area contributed by atoms with Crippen LogP contribution in [0.4, 0.5) is 0 Å². The van der Waals surface area contributed by atoms with Crippen molar-refractivity contribution < 1.29 is 14.3 Å². The molecule has 0 unspecified atom stereocenters. The van der Waals surface area contributed by atoms with Gasteiger partial charge in [0.05, 0.1) is 13.7 Å². The Morgan fingerprint density at radius 3 is 3.00 bits per heavy atom. The molecule has 0 spiro atoms. The first kappa shape index (κ1) is 11.4. The first-order valence-electron chi connectivity index (χ1n) is 6.26. The number of rotatable bonds is 1. The number of ether oxygens (including phenoxy) is 2. The molecule has 2 heterocycles. The average Bonchev–Trinajstić information content (AvgIpc) is 2.82. The minimum atomic E-state index is 0.140. The lowest BCUT2D eigenvalue weighted by molar-refractivity contribution is -0.127. The lowest BCUT2D eigenvalue weighted by atomic mass is 9.86. The van der Waals surface area contributed by atoms with Gasteiger partial charge in [0.1, 0.15) is 11.5 Å². The lowest BCUT2D eigenvalue weighted by Crippen LogP contribution is -2.27. The van der Waals surface area contributed by atoms with Crippen molar-refractivity contribution in [3.8, 4) is 11.5 Å². The van der Waals surface area contributed by atoms with Gasteiger partial charge in [0.2, 0.25) is 5.91 Å². The number of hydrogen-bond acceptors (Lipinski definition) is 3. The minimum Gasteiger partial charge on any atom is -0.496 e. The summed E-state index contributed by atoms with van der Waals surface area (Å²) in [7, 11) is 1.68. The highest BCUT2D eigenvalue weighted by Crippen LogP contribution is 2.45. The molecule has 1 amide bonds. The summed E-state index contributed by atoms with van der Waals surface area (Å²) >= 11 is 0. The van der Waals surface area contributed by atoms with E-state index >= 15 is 0 Å². The SMILES string of the molecule is COc1cccc2c1[C@H]1CN(C(C)=O)C[C@@H]1CO2. The Morgan fingerprint density at radius 1 is 1.44 bits per heavy atom. The zero-order valence-corrected chi connectivity index (χ0v) is 10.7. The van der Waals surface area contributed by atoms with Crippen LogP contribution in [0.2, 0.25) is 0 Å². The molecule has 0 bridgehead atoms.